The van der Waals surface area contributed by atoms with Crippen LogP contribution in [-0.4, -0.2) is 25.6 Å². The number of rotatable bonds is 4. The van der Waals surface area contributed by atoms with Gasteiger partial charge in [-0.05, 0) is 19.1 Å². The molecule has 6 nitrogen and oxygen atoms in total. The number of pyridine rings is 1. The van der Waals surface area contributed by atoms with E-state index in [0.717, 1.165) is 0 Å². The van der Waals surface area contributed by atoms with Crippen LogP contribution in [0.25, 0.3) is 0 Å². The average molecular weight is 233 g/mol. The largest absolute Gasteiger partial charge is 0.476 e. The first kappa shape index (κ1) is 11.1. The van der Waals surface area contributed by atoms with Crippen molar-refractivity contribution in [3.05, 3.63) is 36.4 Å². The standard InChI is InChI=1S/C11H11N3O3/c1-2-14-7-9(10(15)16)13-11(14)17-8-4-3-5-12-6-8/h3-7H,2H2,1H3,(H,15,16). The molecule has 2 aromatic heterocycles. The number of carboxylic acids is 1. The Labute approximate surface area is 97.5 Å². The fraction of sp³-hybridized carbons (Fsp3) is 0.182. The maximum atomic E-state index is 10.8. The van der Waals surface area contributed by atoms with Gasteiger partial charge >= 0.3 is 12.0 Å². The monoisotopic (exact) mass is 233 g/mol. The summed E-state index contributed by atoms with van der Waals surface area (Å²) in [6.07, 6.45) is 4.60. The summed E-state index contributed by atoms with van der Waals surface area (Å²) in [4.78, 5) is 18.6. The average Bonchev–Trinajstić information content (AvgIpc) is 2.74. The molecule has 88 valence electrons. The molecule has 17 heavy (non-hydrogen) atoms. The van der Waals surface area contributed by atoms with Gasteiger partial charge in [0.2, 0.25) is 0 Å². The summed E-state index contributed by atoms with van der Waals surface area (Å²) in [5.41, 5.74) is -0.0364. The molecular formula is C11H11N3O3. The fourth-order valence-electron chi connectivity index (χ4n) is 1.32. The lowest BCUT2D eigenvalue weighted by Crippen LogP contribution is -1.97. The Morgan fingerprint density at radius 2 is 2.41 bits per heavy atom. The van der Waals surface area contributed by atoms with Crippen molar-refractivity contribution in [3.8, 4) is 11.8 Å². The molecule has 0 fully saturated rings. The molecule has 0 atom stereocenters. The third kappa shape index (κ3) is 2.41. The maximum absolute atomic E-state index is 10.8. The van der Waals surface area contributed by atoms with Crippen LogP contribution >= 0.6 is 0 Å². The van der Waals surface area contributed by atoms with Crippen LogP contribution in [-0.2, 0) is 6.54 Å². The van der Waals surface area contributed by atoms with Gasteiger partial charge in [-0.2, -0.15) is 4.98 Å². The van der Waals surface area contributed by atoms with Crippen molar-refractivity contribution < 1.29 is 14.6 Å². The van der Waals surface area contributed by atoms with Crippen molar-refractivity contribution in [3.63, 3.8) is 0 Å². The Morgan fingerprint density at radius 1 is 1.59 bits per heavy atom. The lowest BCUT2D eigenvalue weighted by molar-refractivity contribution is 0.0690. The van der Waals surface area contributed by atoms with E-state index in [4.69, 9.17) is 9.84 Å². The third-order valence-corrected chi connectivity index (χ3v) is 2.14. The van der Waals surface area contributed by atoms with Gasteiger partial charge in [0.05, 0.1) is 6.20 Å². The summed E-state index contributed by atoms with van der Waals surface area (Å²) >= 11 is 0. The first-order valence-electron chi connectivity index (χ1n) is 5.09. The highest BCUT2D eigenvalue weighted by molar-refractivity contribution is 5.85. The quantitative estimate of drug-likeness (QED) is 0.871. The number of aromatic nitrogens is 3. The Morgan fingerprint density at radius 3 is 3.00 bits per heavy atom. The molecule has 2 rings (SSSR count). The second-order valence-corrected chi connectivity index (χ2v) is 3.29. The van der Waals surface area contributed by atoms with E-state index in [1.165, 1.54) is 12.4 Å². The van der Waals surface area contributed by atoms with E-state index >= 15 is 0 Å². The van der Waals surface area contributed by atoms with Gasteiger partial charge in [-0.1, -0.05) is 0 Å². The second kappa shape index (κ2) is 4.65. The zero-order chi connectivity index (χ0) is 12.3. The first-order valence-corrected chi connectivity index (χ1v) is 5.09. The van der Waals surface area contributed by atoms with Crippen LogP contribution in [0.4, 0.5) is 0 Å². The number of carboxylic acid groups (broad SMARTS) is 1. The van der Waals surface area contributed by atoms with Crippen LogP contribution < -0.4 is 4.74 Å². The van der Waals surface area contributed by atoms with Crippen LogP contribution in [0.2, 0.25) is 0 Å². The summed E-state index contributed by atoms with van der Waals surface area (Å²) in [7, 11) is 0. The van der Waals surface area contributed by atoms with Crippen LogP contribution in [0.15, 0.2) is 30.7 Å². The zero-order valence-electron chi connectivity index (χ0n) is 9.20. The first-order chi connectivity index (χ1) is 8.20. The van der Waals surface area contributed by atoms with Crippen LogP contribution in [0.3, 0.4) is 0 Å². The Kier molecular flexibility index (Phi) is 3.04. The highest BCUT2D eigenvalue weighted by Crippen LogP contribution is 2.19. The molecule has 6 heteroatoms. The number of imidazole rings is 1. The van der Waals surface area contributed by atoms with E-state index in [1.54, 1.807) is 22.9 Å². The highest BCUT2D eigenvalue weighted by atomic mass is 16.5. The van der Waals surface area contributed by atoms with Crippen molar-refractivity contribution in [2.24, 2.45) is 0 Å². The Balaban J connectivity index is 2.29. The molecule has 0 aliphatic carbocycles. The number of ether oxygens (including phenoxy) is 1. The molecule has 0 saturated heterocycles. The molecule has 0 bridgehead atoms. The number of aromatic carboxylic acids is 1. The maximum Gasteiger partial charge on any atom is 0.356 e. The van der Waals surface area contributed by atoms with E-state index in [9.17, 15) is 4.79 Å². The topological polar surface area (TPSA) is 77.2 Å². The summed E-state index contributed by atoms with van der Waals surface area (Å²) in [6, 6.07) is 3.70. The van der Waals surface area contributed by atoms with Crippen molar-refractivity contribution in [1.29, 1.82) is 0 Å². The molecule has 2 aromatic rings. The molecule has 0 aliphatic heterocycles. The van der Waals surface area contributed by atoms with Crippen molar-refractivity contribution in [2.45, 2.75) is 13.5 Å². The van der Waals surface area contributed by atoms with Crippen molar-refractivity contribution in [2.75, 3.05) is 0 Å². The van der Waals surface area contributed by atoms with Gasteiger partial charge in [-0.15, -0.1) is 0 Å². The third-order valence-electron chi connectivity index (χ3n) is 2.14. The van der Waals surface area contributed by atoms with Crippen LogP contribution in [0.1, 0.15) is 17.4 Å². The molecular weight excluding hydrogens is 222 g/mol. The number of carbonyl (C=O) groups is 1. The summed E-state index contributed by atoms with van der Waals surface area (Å²) in [6.45, 7) is 2.46. The lowest BCUT2D eigenvalue weighted by Gasteiger charge is -2.05. The van der Waals surface area contributed by atoms with Crippen LogP contribution in [0, 0.1) is 0 Å². The zero-order valence-corrected chi connectivity index (χ0v) is 9.20. The SMILES string of the molecule is CCn1cc(C(=O)O)nc1Oc1cccnc1. The van der Waals surface area contributed by atoms with E-state index in [0.29, 0.717) is 12.3 Å². The molecule has 0 saturated carbocycles. The lowest BCUT2D eigenvalue weighted by atomic mass is 10.5. The van der Waals surface area contributed by atoms with E-state index in [2.05, 4.69) is 9.97 Å². The van der Waals surface area contributed by atoms with Crippen molar-refractivity contribution in [1.82, 2.24) is 14.5 Å². The molecule has 0 aromatic carbocycles. The molecule has 0 aliphatic rings. The van der Waals surface area contributed by atoms with Gasteiger partial charge in [-0.3, -0.25) is 4.98 Å². The fourth-order valence-corrected chi connectivity index (χ4v) is 1.32. The minimum atomic E-state index is -1.08. The predicted octanol–water partition coefficient (Wildman–Crippen LogP) is 1.79. The minimum absolute atomic E-state index is 0.0364. The number of hydrogen-bond donors (Lipinski definition) is 1. The molecule has 2 heterocycles. The summed E-state index contributed by atoms with van der Waals surface area (Å²) in [5, 5.41) is 8.84. The van der Waals surface area contributed by atoms with E-state index in [-0.39, 0.29) is 11.7 Å². The van der Waals surface area contributed by atoms with E-state index in [1.807, 2.05) is 6.92 Å². The summed E-state index contributed by atoms with van der Waals surface area (Å²) < 4.78 is 7.08. The van der Waals surface area contributed by atoms with Gasteiger partial charge in [0, 0.05) is 18.9 Å². The minimum Gasteiger partial charge on any atom is -0.476 e. The van der Waals surface area contributed by atoms with Gasteiger partial charge in [-0.25, -0.2) is 4.79 Å². The Bertz CT molecular complexity index is 522. The molecule has 0 radical (unpaired) electrons. The molecule has 1 N–H and O–H groups in total. The highest BCUT2D eigenvalue weighted by Gasteiger charge is 2.13. The Hall–Kier alpha value is -2.37. The predicted molar refractivity (Wildman–Crippen MR) is 59.2 cm³/mol. The normalized spacial score (nSPS) is 10.2. The van der Waals surface area contributed by atoms with E-state index < -0.39 is 5.97 Å². The second-order valence-electron chi connectivity index (χ2n) is 3.29. The van der Waals surface area contributed by atoms with Gasteiger partial charge in [0.25, 0.3) is 0 Å². The van der Waals surface area contributed by atoms with Crippen molar-refractivity contribution >= 4 is 5.97 Å². The number of aryl methyl sites for hydroxylation is 1. The number of hydrogen-bond acceptors (Lipinski definition) is 4. The van der Waals surface area contributed by atoms with Gasteiger partial charge in [0.1, 0.15) is 5.75 Å². The smallest absolute Gasteiger partial charge is 0.356 e. The molecule has 0 spiro atoms. The van der Waals surface area contributed by atoms with Gasteiger partial charge < -0.3 is 14.4 Å². The molecule has 0 unspecified atom stereocenters. The van der Waals surface area contributed by atoms with Crippen LogP contribution in [0.5, 0.6) is 11.8 Å². The molecule has 0 amide bonds. The van der Waals surface area contributed by atoms with Gasteiger partial charge in [0.15, 0.2) is 5.69 Å². The number of nitrogens with zero attached hydrogens (tertiary/aromatic N) is 3. The summed E-state index contributed by atoms with van der Waals surface area (Å²) in [5.74, 6) is -0.557.